The summed E-state index contributed by atoms with van der Waals surface area (Å²) < 4.78 is 20.0. The molecule has 1 aliphatic heterocycles. The number of ether oxygens (including phenoxy) is 1. The van der Waals surface area contributed by atoms with E-state index in [0.717, 1.165) is 31.4 Å². The first-order valence-corrected chi connectivity index (χ1v) is 14.8. The first-order valence-electron chi connectivity index (χ1n) is 11.3. The molecule has 0 unspecified atom stereocenters. The summed E-state index contributed by atoms with van der Waals surface area (Å²) in [7, 11) is 0.0224. The molecule has 30 heavy (non-hydrogen) atoms. The number of benzene rings is 1. The number of alkyl halides is 1. The van der Waals surface area contributed by atoms with Crippen LogP contribution in [-0.2, 0) is 11.2 Å². The molecule has 5 heteroatoms. The van der Waals surface area contributed by atoms with Gasteiger partial charge in [0.1, 0.15) is 19.5 Å². The number of amides is 1. The van der Waals surface area contributed by atoms with Crippen molar-refractivity contribution >= 4 is 14.0 Å². The second-order valence-corrected chi connectivity index (χ2v) is 15.5. The normalized spacial score (nSPS) is 31.6. The lowest BCUT2D eigenvalue weighted by atomic mass is 9.38. The molecule has 2 bridgehead atoms. The van der Waals surface area contributed by atoms with Crippen molar-refractivity contribution in [1.82, 2.24) is 4.90 Å². The second-order valence-electron chi connectivity index (χ2n) is 10.7. The number of unbranched alkanes of at least 4 members (excludes halogenated alkanes) is 1. The standard InChI is InChI=1S/C25H34FNO2Si/c1-6-7-8-19-13-18-14-20(29-2)9-10-21(18)23(24-15-25(26,16-24)17-24)27(19)22(28)11-12-30(3,4)5/h9-10,14,19,23H,6-8,13,15-17H2,1-5H3/t19-,23+,24?,25?/m0/s1. The number of fused-ring (bicyclic) bond motifs is 1. The lowest BCUT2D eigenvalue weighted by molar-refractivity contribution is -0.251. The van der Waals surface area contributed by atoms with Crippen molar-refractivity contribution < 1.29 is 13.9 Å². The van der Waals surface area contributed by atoms with E-state index in [4.69, 9.17) is 4.74 Å². The monoisotopic (exact) mass is 427 g/mol. The van der Waals surface area contributed by atoms with Crippen molar-refractivity contribution in [3.05, 3.63) is 29.3 Å². The molecular weight excluding hydrogens is 393 g/mol. The molecule has 1 amide bonds. The molecule has 2 atom stereocenters. The predicted molar refractivity (Wildman–Crippen MR) is 121 cm³/mol. The van der Waals surface area contributed by atoms with E-state index in [1.807, 2.05) is 6.07 Å². The molecule has 4 aliphatic rings. The molecule has 3 saturated carbocycles. The number of hydrogen-bond acceptors (Lipinski definition) is 2. The number of hydrogen-bond donors (Lipinski definition) is 0. The molecule has 0 spiro atoms. The van der Waals surface area contributed by atoms with E-state index in [1.54, 1.807) is 7.11 Å². The Bertz CT molecular complexity index is 890. The molecule has 1 aromatic rings. The maximum atomic E-state index is 14.6. The summed E-state index contributed by atoms with van der Waals surface area (Å²) in [6.45, 7) is 8.66. The highest BCUT2D eigenvalue weighted by Crippen LogP contribution is 2.75. The summed E-state index contributed by atoms with van der Waals surface area (Å²) in [5, 5.41) is 0. The highest BCUT2D eigenvalue weighted by atomic mass is 28.3. The Kier molecular flexibility index (Phi) is 5.29. The number of nitrogens with zero attached hydrogens (tertiary/aromatic N) is 1. The largest absolute Gasteiger partial charge is 0.497 e. The van der Waals surface area contributed by atoms with Crippen molar-refractivity contribution in [3.63, 3.8) is 0 Å². The van der Waals surface area contributed by atoms with E-state index >= 15 is 0 Å². The molecule has 162 valence electrons. The van der Waals surface area contributed by atoms with Gasteiger partial charge in [0.25, 0.3) is 5.91 Å². The third kappa shape index (κ3) is 3.68. The maximum Gasteiger partial charge on any atom is 0.298 e. The van der Waals surface area contributed by atoms with Crippen molar-refractivity contribution in [2.75, 3.05) is 7.11 Å². The maximum absolute atomic E-state index is 14.6. The van der Waals surface area contributed by atoms with Gasteiger partial charge in [0.05, 0.1) is 13.2 Å². The van der Waals surface area contributed by atoms with Crippen LogP contribution in [0.5, 0.6) is 5.75 Å². The first kappa shape index (κ1) is 21.4. The van der Waals surface area contributed by atoms with Gasteiger partial charge >= 0.3 is 0 Å². The van der Waals surface area contributed by atoms with Gasteiger partial charge < -0.3 is 9.64 Å². The van der Waals surface area contributed by atoms with Gasteiger partial charge in [-0.1, -0.05) is 45.5 Å². The van der Waals surface area contributed by atoms with Crippen LogP contribution in [-0.4, -0.2) is 37.7 Å². The van der Waals surface area contributed by atoms with Gasteiger partial charge in [0.2, 0.25) is 0 Å². The Morgan fingerprint density at radius 1 is 1.30 bits per heavy atom. The van der Waals surface area contributed by atoms with E-state index in [2.05, 4.69) is 55.1 Å². The minimum absolute atomic E-state index is 0.0670. The zero-order chi connectivity index (χ0) is 21.7. The summed E-state index contributed by atoms with van der Waals surface area (Å²) in [6.07, 6.45) is 5.65. The molecule has 3 aliphatic carbocycles. The Labute approximate surface area is 181 Å². The van der Waals surface area contributed by atoms with Gasteiger partial charge in [0, 0.05) is 11.5 Å². The smallest absolute Gasteiger partial charge is 0.298 e. The highest BCUT2D eigenvalue weighted by molar-refractivity contribution is 6.84. The van der Waals surface area contributed by atoms with Crippen LogP contribution < -0.4 is 4.74 Å². The van der Waals surface area contributed by atoms with Gasteiger partial charge in [-0.3, -0.25) is 4.79 Å². The number of carbonyl (C=O) groups is 1. The SMILES string of the molecule is CCCC[C@H]1Cc2cc(OC)ccc2[C@H](C23CC(F)(C2)C3)N1C(=O)C#C[Si](C)(C)C. The van der Waals surface area contributed by atoms with Gasteiger partial charge in [0.15, 0.2) is 0 Å². The number of halogens is 1. The molecule has 3 nitrogen and oxygen atoms in total. The highest BCUT2D eigenvalue weighted by Gasteiger charge is 2.73. The van der Waals surface area contributed by atoms with Crippen LogP contribution in [0.3, 0.4) is 0 Å². The van der Waals surface area contributed by atoms with E-state index < -0.39 is 13.7 Å². The van der Waals surface area contributed by atoms with Crippen molar-refractivity contribution in [2.24, 2.45) is 5.41 Å². The molecule has 3 fully saturated rings. The number of carbonyl (C=O) groups excluding carboxylic acids is 1. The summed E-state index contributed by atoms with van der Waals surface area (Å²) in [5.41, 5.74) is 4.57. The van der Waals surface area contributed by atoms with Crippen LogP contribution in [0.2, 0.25) is 19.6 Å². The minimum Gasteiger partial charge on any atom is -0.497 e. The van der Waals surface area contributed by atoms with Crippen molar-refractivity contribution in [3.8, 4) is 17.2 Å². The zero-order valence-electron chi connectivity index (χ0n) is 19.0. The fourth-order valence-electron chi connectivity index (χ4n) is 5.79. The lowest BCUT2D eigenvalue weighted by Crippen LogP contribution is -2.70. The van der Waals surface area contributed by atoms with Gasteiger partial charge in [-0.25, -0.2) is 4.39 Å². The summed E-state index contributed by atoms with van der Waals surface area (Å²) in [5.74, 6) is 3.79. The molecule has 0 N–H and O–H groups in total. The molecule has 5 rings (SSSR count). The molecule has 1 aromatic carbocycles. The van der Waals surface area contributed by atoms with Crippen molar-refractivity contribution in [1.29, 1.82) is 0 Å². The molecule has 1 heterocycles. The number of rotatable bonds is 5. The van der Waals surface area contributed by atoms with Gasteiger partial charge in [-0.2, -0.15) is 0 Å². The lowest BCUT2D eigenvalue weighted by Gasteiger charge is -2.71. The Balaban J connectivity index is 1.77. The average Bonchev–Trinajstić information content (AvgIpc) is 2.65. The van der Waals surface area contributed by atoms with E-state index in [9.17, 15) is 9.18 Å². The third-order valence-electron chi connectivity index (χ3n) is 7.03. The van der Waals surface area contributed by atoms with Gasteiger partial charge in [-0.15, -0.1) is 5.54 Å². The van der Waals surface area contributed by atoms with Gasteiger partial charge in [-0.05, 0) is 61.3 Å². The summed E-state index contributed by atoms with van der Waals surface area (Å²) in [4.78, 5) is 15.6. The zero-order valence-corrected chi connectivity index (χ0v) is 20.0. The Hall–Kier alpha value is -1.80. The minimum atomic E-state index is -1.66. The topological polar surface area (TPSA) is 29.5 Å². The van der Waals surface area contributed by atoms with Crippen LogP contribution in [0.15, 0.2) is 18.2 Å². The van der Waals surface area contributed by atoms with E-state index in [1.165, 1.54) is 11.1 Å². The quantitative estimate of drug-likeness (QED) is 0.462. The van der Waals surface area contributed by atoms with Crippen molar-refractivity contribution in [2.45, 2.75) is 89.3 Å². The Morgan fingerprint density at radius 2 is 2.00 bits per heavy atom. The molecule has 0 radical (unpaired) electrons. The molecule has 0 saturated heterocycles. The van der Waals surface area contributed by atoms with Crippen LogP contribution in [0, 0.1) is 16.9 Å². The predicted octanol–water partition coefficient (Wildman–Crippen LogP) is 5.45. The van der Waals surface area contributed by atoms with Crippen LogP contribution in [0.1, 0.15) is 62.6 Å². The third-order valence-corrected chi connectivity index (χ3v) is 7.90. The fourth-order valence-corrected chi connectivity index (χ4v) is 6.27. The van der Waals surface area contributed by atoms with E-state index in [0.29, 0.717) is 19.3 Å². The second kappa shape index (κ2) is 7.41. The summed E-state index contributed by atoms with van der Waals surface area (Å²) in [6, 6.07) is 6.24. The Morgan fingerprint density at radius 3 is 2.57 bits per heavy atom. The van der Waals surface area contributed by atoms with E-state index in [-0.39, 0.29) is 23.4 Å². The molecule has 0 aromatic heterocycles. The number of methoxy groups -OCH3 is 1. The first-order chi connectivity index (χ1) is 14.1. The van der Waals surface area contributed by atoms with Crippen LogP contribution >= 0.6 is 0 Å². The molecular formula is C25H34FNO2Si. The fraction of sp³-hybridized carbons (Fsp3) is 0.640. The average molecular weight is 428 g/mol. The van der Waals surface area contributed by atoms with Crippen LogP contribution in [0.25, 0.3) is 0 Å². The van der Waals surface area contributed by atoms with Crippen LogP contribution in [0.4, 0.5) is 4.39 Å². The summed E-state index contributed by atoms with van der Waals surface area (Å²) >= 11 is 0.